The van der Waals surface area contributed by atoms with Crippen molar-refractivity contribution in [2.24, 2.45) is 0 Å². The second kappa shape index (κ2) is 5.53. The summed E-state index contributed by atoms with van der Waals surface area (Å²) >= 11 is 1.05. The predicted octanol–water partition coefficient (Wildman–Crippen LogP) is -0.0650. The third kappa shape index (κ3) is 3.01. The average Bonchev–Trinajstić information content (AvgIpc) is 2.82. The van der Waals surface area contributed by atoms with Crippen LogP contribution in [0.15, 0.2) is 33.2 Å². The summed E-state index contributed by atoms with van der Waals surface area (Å²) in [4.78, 5) is 45.1. The number of thiophene rings is 1. The van der Waals surface area contributed by atoms with Crippen LogP contribution >= 0.6 is 11.3 Å². The van der Waals surface area contributed by atoms with E-state index in [1.165, 1.54) is 11.4 Å². The molecule has 104 valence electrons. The van der Waals surface area contributed by atoms with Gasteiger partial charge in [0, 0.05) is 12.1 Å². The highest BCUT2D eigenvalue weighted by Crippen LogP contribution is 2.22. The smallest absolute Gasteiger partial charge is 0.338 e. The number of aromatic nitrogens is 2. The molecule has 0 radical (unpaired) electrons. The topological polar surface area (TPSA) is 121 Å². The van der Waals surface area contributed by atoms with E-state index in [4.69, 9.17) is 5.11 Å². The lowest BCUT2D eigenvalue weighted by molar-refractivity contribution is -0.117. The third-order valence-electron chi connectivity index (χ3n) is 2.34. The van der Waals surface area contributed by atoms with Gasteiger partial charge in [-0.25, -0.2) is 9.48 Å². The molecule has 3 N–H and O–H groups in total. The molecule has 20 heavy (non-hydrogen) atoms. The number of carbonyl (C=O) groups is 2. The number of carbonyl (C=O) groups excluding carboxylic acids is 1. The molecular formula is C11H9N3O5S. The fourth-order valence-corrected chi connectivity index (χ4v) is 2.26. The summed E-state index contributed by atoms with van der Waals surface area (Å²) in [5, 5.41) is 15.2. The van der Waals surface area contributed by atoms with Crippen LogP contribution in [0.5, 0.6) is 0 Å². The first-order chi connectivity index (χ1) is 9.47. The number of H-pyrrole nitrogens is 1. The van der Waals surface area contributed by atoms with E-state index in [0.717, 1.165) is 28.2 Å². The highest BCUT2D eigenvalue weighted by Gasteiger charge is 2.14. The summed E-state index contributed by atoms with van der Waals surface area (Å²) in [6.45, 7) is -0.411. The van der Waals surface area contributed by atoms with Crippen molar-refractivity contribution in [1.82, 2.24) is 9.78 Å². The standard InChI is InChI=1S/C11H9N3O5S/c15-7-1-2-9(17)14(13-7)5-8(16)12-10-6(11(18)19)3-4-20-10/h1-4H,5H2,(H,12,16)(H,13,15)(H,18,19). The normalized spacial score (nSPS) is 10.2. The molecule has 0 fully saturated rings. The second-order valence-electron chi connectivity index (χ2n) is 3.75. The van der Waals surface area contributed by atoms with Crippen LogP contribution in [0.2, 0.25) is 0 Å². The fourth-order valence-electron chi connectivity index (χ4n) is 1.46. The van der Waals surface area contributed by atoms with Gasteiger partial charge in [-0.2, -0.15) is 0 Å². The zero-order chi connectivity index (χ0) is 14.7. The molecule has 0 aromatic carbocycles. The molecule has 0 aliphatic carbocycles. The molecule has 2 aromatic rings. The first kappa shape index (κ1) is 13.7. The largest absolute Gasteiger partial charge is 0.478 e. The summed E-state index contributed by atoms with van der Waals surface area (Å²) < 4.78 is 0.839. The van der Waals surface area contributed by atoms with E-state index < -0.39 is 29.5 Å². The van der Waals surface area contributed by atoms with Crippen LogP contribution < -0.4 is 16.4 Å². The second-order valence-corrected chi connectivity index (χ2v) is 4.67. The highest BCUT2D eigenvalue weighted by atomic mass is 32.1. The van der Waals surface area contributed by atoms with Crippen molar-refractivity contribution in [3.63, 3.8) is 0 Å². The van der Waals surface area contributed by atoms with Gasteiger partial charge in [-0.05, 0) is 11.4 Å². The Balaban J connectivity index is 2.15. The van der Waals surface area contributed by atoms with Crippen molar-refractivity contribution in [1.29, 1.82) is 0 Å². The number of aromatic carboxylic acids is 1. The summed E-state index contributed by atoms with van der Waals surface area (Å²) in [6, 6.07) is 3.46. The van der Waals surface area contributed by atoms with E-state index in [1.54, 1.807) is 0 Å². The van der Waals surface area contributed by atoms with E-state index in [0.29, 0.717) is 0 Å². The first-order valence-corrected chi connectivity index (χ1v) is 6.26. The Labute approximate surface area is 115 Å². The van der Waals surface area contributed by atoms with Gasteiger partial charge in [0.05, 0.1) is 5.56 Å². The van der Waals surface area contributed by atoms with Crippen molar-refractivity contribution in [2.45, 2.75) is 6.54 Å². The molecule has 2 aromatic heterocycles. The molecule has 0 unspecified atom stereocenters. The Morgan fingerprint density at radius 3 is 2.75 bits per heavy atom. The monoisotopic (exact) mass is 295 g/mol. The Kier molecular flexibility index (Phi) is 3.80. The Morgan fingerprint density at radius 2 is 2.05 bits per heavy atom. The molecule has 1 amide bonds. The number of nitrogens with zero attached hydrogens (tertiary/aromatic N) is 1. The van der Waals surface area contributed by atoms with E-state index in [2.05, 4.69) is 10.4 Å². The van der Waals surface area contributed by atoms with Crippen molar-refractivity contribution in [3.8, 4) is 0 Å². The van der Waals surface area contributed by atoms with Crippen molar-refractivity contribution < 1.29 is 14.7 Å². The minimum atomic E-state index is -1.16. The van der Waals surface area contributed by atoms with E-state index in [1.807, 2.05) is 0 Å². The summed E-state index contributed by atoms with van der Waals surface area (Å²) in [5.41, 5.74) is -1.08. The quantitative estimate of drug-likeness (QED) is 0.729. The molecule has 2 rings (SSSR count). The summed E-state index contributed by atoms with van der Waals surface area (Å²) in [6.07, 6.45) is 0. The molecule has 2 heterocycles. The van der Waals surface area contributed by atoms with Gasteiger partial charge in [0.2, 0.25) is 5.91 Å². The Morgan fingerprint density at radius 1 is 1.30 bits per heavy atom. The van der Waals surface area contributed by atoms with Crippen molar-refractivity contribution >= 4 is 28.2 Å². The number of carboxylic acids is 1. The van der Waals surface area contributed by atoms with Crippen LogP contribution in [0.4, 0.5) is 5.00 Å². The van der Waals surface area contributed by atoms with Gasteiger partial charge in [-0.1, -0.05) is 0 Å². The van der Waals surface area contributed by atoms with E-state index in [-0.39, 0.29) is 10.6 Å². The number of carboxylic acid groups (broad SMARTS) is 1. The van der Waals surface area contributed by atoms with Crippen LogP contribution in [-0.2, 0) is 11.3 Å². The SMILES string of the molecule is O=C(Cn1[nH]c(=O)ccc1=O)Nc1sccc1C(=O)O. The minimum Gasteiger partial charge on any atom is -0.478 e. The van der Waals surface area contributed by atoms with E-state index in [9.17, 15) is 19.2 Å². The molecule has 9 heteroatoms. The molecule has 0 bridgehead atoms. The minimum absolute atomic E-state index is 0.0303. The van der Waals surface area contributed by atoms with Gasteiger partial charge in [0.1, 0.15) is 11.5 Å². The Bertz CT molecular complexity index is 773. The number of amides is 1. The number of anilines is 1. The molecule has 0 atom stereocenters. The van der Waals surface area contributed by atoms with Gasteiger partial charge in [0.15, 0.2) is 0 Å². The highest BCUT2D eigenvalue weighted by molar-refractivity contribution is 7.14. The number of nitrogens with one attached hydrogen (secondary N) is 2. The first-order valence-electron chi connectivity index (χ1n) is 5.38. The van der Waals surface area contributed by atoms with Crippen LogP contribution in [0.25, 0.3) is 0 Å². The average molecular weight is 295 g/mol. The predicted molar refractivity (Wildman–Crippen MR) is 71.2 cm³/mol. The van der Waals surface area contributed by atoms with Crippen LogP contribution in [0.1, 0.15) is 10.4 Å². The number of rotatable bonds is 4. The molecule has 0 aliphatic rings. The number of hydrogen-bond acceptors (Lipinski definition) is 5. The van der Waals surface area contributed by atoms with E-state index >= 15 is 0 Å². The zero-order valence-corrected chi connectivity index (χ0v) is 10.8. The molecule has 0 saturated heterocycles. The summed E-state index contributed by atoms with van der Waals surface area (Å²) in [7, 11) is 0. The van der Waals surface area contributed by atoms with Crippen LogP contribution in [0.3, 0.4) is 0 Å². The van der Waals surface area contributed by atoms with Gasteiger partial charge in [0.25, 0.3) is 11.1 Å². The van der Waals surface area contributed by atoms with Crippen molar-refractivity contribution in [2.75, 3.05) is 5.32 Å². The molecule has 8 nitrogen and oxygen atoms in total. The maximum absolute atomic E-state index is 11.7. The fraction of sp³-hybridized carbons (Fsp3) is 0.0909. The van der Waals surface area contributed by atoms with Gasteiger partial charge in [-0.15, -0.1) is 11.3 Å². The van der Waals surface area contributed by atoms with Gasteiger partial charge < -0.3 is 10.4 Å². The van der Waals surface area contributed by atoms with Gasteiger partial charge >= 0.3 is 5.97 Å². The lowest BCUT2D eigenvalue weighted by Gasteiger charge is -2.06. The summed E-state index contributed by atoms with van der Waals surface area (Å²) in [5.74, 6) is -1.77. The Hall–Kier alpha value is -2.68. The van der Waals surface area contributed by atoms with Gasteiger partial charge in [-0.3, -0.25) is 19.5 Å². The lowest BCUT2D eigenvalue weighted by atomic mass is 10.3. The maximum Gasteiger partial charge on any atom is 0.338 e. The van der Waals surface area contributed by atoms with Crippen LogP contribution in [-0.4, -0.2) is 26.8 Å². The van der Waals surface area contributed by atoms with Crippen LogP contribution in [0, 0.1) is 0 Å². The van der Waals surface area contributed by atoms with Crippen molar-refractivity contribution in [3.05, 3.63) is 49.9 Å². The molecule has 0 spiro atoms. The third-order valence-corrected chi connectivity index (χ3v) is 3.17. The molecule has 0 saturated carbocycles. The molecule has 0 aliphatic heterocycles. The molecular weight excluding hydrogens is 286 g/mol. The number of aromatic amines is 1. The number of hydrogen-bond donors (Lipinski definition) is 3. The zero-order valence-electron chi connectivity index (χ0n) is 9.95. The maximum atomic E-state index is 11.7. The lowest BCUT2D eigenvalue weighted by Crippen LogP contribution is -2.32.